The SMILES string of the molecule is CC(C)S(=O)(=O)NCCOc1ccc(C2=CCCCC2NS(=O)(=O)C(C)C)cc1. The van der Waals surface area contributed by atoms with Crippen LogP contribution in [0.5, 0.6) is 5.75 Å². The first kappa shape index (κ1) is 23.9. The molecule has 1 aliphatic carbocycles. The minimum Gasteiger partial charge on any atom is -0.492 e. The largest absolute Gasteiger partial charge is 0.492 e. The number of hydrogen-bond donors (Lipinski definition) is 2. The fourth-order valence-corrected chi connectivity index (χ4v) is 4.53. The highest BCUT2D eigenvalue weighted by Crippen LogP contribution is 2.29. The maximum atomic E-state index is 12.3. The van der Waals surface area contributed by atoms with Crippen molar-refractivity contribution in [3.63, 3.8) is 0 Å². The summed E-state index contributed by atoms with van der Waals surface area (Å²) in [5, 5.41) is -0.957. The molecule has 1 aromatic rings. The predicted octanol–water partition coefficient (Wildman–Crippen LogP) is 2.66. The molecule has 0 saturated carbocycles. The lowest BCUT2D eigenvalue weighted by Crippen LogP contribution is -2.40. The third-order valence-corrected chi connectivity index (χ3v) is 8.55. The summed E-state index contributed by atoms with van der Waals surface area (Å²) in [7, 11) is -6.65. The van der Waals surface area contributed by atoms with Crippen molar-refractivity contribution in [2.45, 2.75) is 63.5 Å². The van der Waals surface area contributed by atoms with Gasteiger partial charge in [-0.1, -0.05) is 18.2 Å². The highest BCUT2D eigenvalue weighted by molar-refractivity contribution is 7.90. The van der Waals surface area contributed by atoms with Crippen LogP contribution in [-0.4, -0.2) is 46.5 Å². The zero-order valence-electron chi connectivity index (χ0n) is 17.5. The van der Waals surface area contributed by atoms with Crippen molar-refractivity contribution in [3.8, 4) is 5.75 Å². The second-order valence-corrected chi connectivity index (χ2v) is 12.3. The second-order valence-electron chi connectivity index (χ2n) is 7.72. The van der Waals surface area contributed by atoms with Crippen LogP contribution in [0.1, 0.15) is 52.5 Å². The molecule has 29 heavy (non-hydrogen) atoms. The fraction of sp³-hybridized carbons (Fsp3) is 0.600. The van der Waals surface area contributed by atoms with Gasteiger partial charge >= 0.3 is 0 Å². The molecular formula is C20H32N2O5S2. The molecule has 0 amide bonds. The van der Waals surface area contributed by atoms with Crippen LogP contribution in [0, 0.1) is 0 Å². The smallest absolute Gasteiger partial charge is 0.214 e. The van der Waals surface area contributed by atoms with Gasteiger partial charge < -0.3 is 4.74 Å². The Kier molecular flexibility index (Phi) is 8.28. The third kappa shape index (κ3) is 6.80. The average molecular weight is 445 g/mol. The monoisotopic (exact) mass is 444 g/mol. The molecule has 0 aromatic heterocycles. The van der Waals surface area contributed by atoms with E-state index in [1.165, 1.54) is 0 Å². The maximum Gasteiger partial charge on any atom is 0.214 e. The predicted molar refractivity (Wildman–Crippen MR) is 117 cm³/mol. The Hall–Kier alpha value is -1.42. The number of rotatable bonds is 10. The van der Waals surface area contributed by atoms with Crippen molar-refractivity contribution in [1.82, 2.24) is 9.44 Å². The molecule has 2 rings (SSSR count). The third-order valence-electron chi connectivity index (χ3n) is 4.85. The van der Waals surface area contributed by atoms with Gasteiger partial charge in [-0.15, -0.1) is 0 Å². The van der Waals surface area contributed by atoms with E-state index in [0.29, 0.717) is 5.75 Å². The van der Waals surface area contributed by atoms with Crippen LogP contribution in [0.3, 0.4) is 0 Å². The van der Waals surface area contributed by atoms with Gasteiger partial charge in [0.15, 0.2) is 0 Å². The zero-order chi connectivity index (χ0) is 21.7. The van der Waals surface area contributed by atoms with Gasteiger partial charge in [-0.25, -0.2) is 26.3 Å². The summed E-state index contributed by atoms with van der Waals surface area (Å²) in [6, 6.07) is 7.21. The summed E-state index contributed by atoms with van der Waals surface area (Å²) >= 11 is 0. The second kappa shape index (κ2) is 10.1. The summed E-state index contributed by atoms with van der Waals surface area (Å²) in [6.45, 7) is 7.01. The van der Waals surface area contributed by atoms with E-state index in [1.54, 1.807) is 27.7 Å². The fourth-order valence-electron chi connectivity index (χ4n) is 2.92. The lowest BCUT2D eigenvalue weighted by Gasteiger charge is -2.26. The Balaban J connectivity index is 1.98. The average Bonchev–Trinajstić information content (AvgIpc) is 2.66. The molecule has 1 aromatic carbocycles. The van der Waals surface area contributed by atoms with E-state index in [1.807, 2.05) is 24.3 Å². The van der Waals surface area contributed by atoms with Gasteiger partial charge in [0, 0.05) is 12.6 Å². The first-order valence-corrected chi connectivity index (χ1v) is 13.0. The maximum absolute atomic E-state index is 12.3. The molecule has 1 unspecified atom stereocenters. The molecule has 0 radical (unpaired) electrons. The van der Waals surface area contributed by atoms with Crippen molar-refractivity contribution in [2.24, 2.45) is 0 Å². The summed E-state index contributed by atoms with van der Waals surface area (Å²) in [5.74, 6) is 0.633. The quantitative estimate of drug-likeness (QED) is 0.540. The summed E-state index contributed by atoms with van der Waals surface area (Å²) in [4.78, 5) is 0. The van der Waals surface area contributed by atoms with Crippen LogP contribution in [0.15, 0.2) is 30.3 Å². The normalized spacial score (nSPS) is 18.1. The van der Waals surface area contributed by atoms with Gasteiger partial charge in [0.2, 0.25) is 20.0 Å². The Labute approximate surface area is 175 Å². The van der Waals surface area contributed by atoms with Crippen molar-refractivity contribution < 1.29 is 21.6 Å². The summed E-state index contributed by atoms with van der Waals surface area (Å²) < 4.78 is 58.9. The minimum atomic E-state index is -3.35. The van der Waals surface area contributed by atoms with Crippen LogP contribution < -0.4 is 14.2 Å². The molecule has 0 spiro atoms. The number of hydrogen-bond acceptors (Lipinski definition) is 5. The number of allylic oxidation sites excluding steroid dienone is 1. The van der Waals surface area contributed by atoms with Crippen LogP contribution in [0.25, 0.3) is 5.57 Å². The standard InChI is InChI=1S/C20H32N2O5S2/c1-15(2)28(23,24)21-13-14-27-18-11-9-17(10-12-18)19-7-5-6-8-20(19)22-29(25,26)16(3)4/h7,9-12,15-16,20-22H,5-6,8,13-14H2,1-4H3. The minimum absolute atomic E-state index is 0.201. The van der Waals surface area contributed by atoms with E-state index < -0.39 is 30.5 Å². The molecule has 7 nitrogen and oxygen atoms in total. The highest BCUT2D eigenvalue weighted by atomic mass is 32.2. The van der Waals surface area contributed by atoms with E-state index in [2.05, 4.69) is 15.5 Å². The molecule has 0 bridgehead atoms. The Morgan fingerprint density at radius 2 is 1.62 bits per heavy atom. The molecule has 0 aliphatic heterocycles. The Morgan fingerprint density at radius 1 is 1.00 bits per heavy atom. The van der Waals surface area contributed by atoms with Crippen molar-refractivity contribution >= 4 is 25.6 Å². The molecule has 164 valence electrons. The van der Waals surface area contributed by atoms with E-state index in [9.17, 15) is 16.8 Å². The summed E-state index contributed by atoms with van der Waals surface area (Å²) in [6.07, 6.45) is 4.73. The highest BCUT2D eigenvalue weighted by Gasteiger charge is 2.26. The molecule has 0 heterocycles. The molecule has 0 fully saturated rings. The van der Waals surface area contributed by atoms with E-state index in [4.69, 9.17) is 4.74 Å². The van der Waals surface area contributed by atoms with Gasteiger partial charge in [0.25, 0.3) is 0 Å². The first-order valence-electron chi connectivity index (χ1n) is 9.96. The van der Waals surface area contributed by atoms with E-state index in [-0.39, 0.29) is 19.2 Å². The molecule has 1 aliphatic rings. The van der Waals surface area contributed by atoms with Crippen LogP contribution in [0.4, 0.5) is 0 Å². The molecular weight excluding hydrogens is 412 g/mol. The van der Waals surface area contributed by atoms with Crippen molar-refractivity contribution in [3.05, 3.63) is 35.9 Å². The van der Waals surface area contributed by atoms with Crippen LogP contribution in [-0.2, 0) is 20.0 Å². The van der Waals surface area contributed by atoms with Gasteiger partial charge in [0.1, 0.15) is 12.4 Å². The molecule has 2 N–H and O–H groups in total. The lowest BCUT2D eigenvalue weighted by atomic mass is 9.90. The van der Waals surface area contributed by atoms with E-state index >= 15 is 0 Å². The van der Waals surface area contributed by atoms with Gasteiger partial charge in [0.05, 0.1) is 10.5 Å². The zero-order valence-corrected chi connectivity index (χ0v) is 19.1. The molecule has 9 heteroatoms. The number of ether oxygens (including phenoxy) is 1. The lowest BCUT2D eigenvalue weighted by molar-refractivity contribution is 0.322. The van der Waals surface area contributed by atoms with Crippen molar-refractivity contribution in [2.75, 3.05) is 13.2 Å². The van der Waals surface area contributed by atoms with Gasteiger partial charge in [-0.3, -0.25) is 0 Å². The van der Waals surface area contributed by atoms with Gasteiger partial charge in [-0.05, 0) is 70.2 Å². The topological polar surface area (TPSA) is 102 Å². The number of benzene rings is 1. The van der Waals surface area contributed by atoms with Crippen LogP contribution in [0.2, 0.25) is 0 Å². The van der Waals surface area contributed by atoms with Gasteiger partial charge in [-0.2, -0.15) is 0 Å². The number of sulfonamides is 2. The molecule has 0 saturated heterocycles. The Morgan fingerprint density at radius 3 is 2.21 bits per heavy atom. The Bertz CT molecular complexity index is 905. The molecule has 1 atom stereocenters. The van der Waals surface area contributed by atoms with Crippen molar-refractivity contribution in [1.29, 1.82) is 0 Å². The first-order chi connectivity index (χ1) is 13.5. The summed E-state index contributed by atoms with van der Waals surface area (Å²) in [5.41, 5.74) is 1.94. The number of nitrogens with one attached hydrogen (secondary N) is 2. The van der Waals surface area contributed by atoms with E-state index in [0.717, 1.165) is 30.4 Å². The van der Waals surface area contributed by atoms with Crippen LogP contribution >= 0.6 is 0 Å².